The second-order valence-corrected chi connectivity index (χ2v) is 4.36. The topological polar surface area (TPSA) is 46.5 Å². The van der Waals surface area contributed by atoms with Gasteiger partial charge in [-0.05, 0) is 41.1 Å². The van der Waals surface area contributed by atoms with E-state index in [2.05, 4.69) is 22.5 Å². The maximum atomic E-state index is 10.8. The highest BCUT2D eigenvalue weighted by Gasteiger charge is 2.08. The number of aromatic carboxylic acids is 1. The van der Waals surface area contributed by atoms with Gasteiger partial charge in [-0.2, -0.15) is 0 Å². The third-order valence-corrected chi connectivity index (χ3v) is 2.62. The molecule has 0 radical (unpaired) electrons. The first-order valence-electron chi connectivity index (χ1n) is 4.80. The molecule has 1 N–H and O–H groups in total. The third kappa shape index (κ3) is 3.70. The molecule has 0 amide bonds. The van der Waals surface area contributed by atoms with Crippen molar-refractivity contribution in [3.8, 4) is 5.75 Å². The number of ether oxygens (including phenoxy) is 1. The summed E-state index contributed by atoms with van der Waals surface area (Å²) in [5.74, 6) is -0.307. The molecular weight excluding hydrogens is 272 g/mol. The van der Waals surface area contributed by atoms with Gasteiger partial charge in [-0.1, -0.05) is 5.57 Å². The Morgan fingerprint density at radius 3 is 2.75 bits per heavy atom. The van der Waals surface area contributed by atoms with Crippen LogP contribution in [0.15, 0.2) is 34.8 Å². The van der Waals surface area contributed by atoms with Gasteiger partial charge in [0, 0.05) is 10.9 Å². The molecular formula is C12H13BrO3. The largest absolute Gasteiger partial charge is 0.493 e. The Morgan fingerprint density at radius 1 is 1.56 bits per heavy atom. The van der Waals surface area contributed by atoms with Crippen LogP contribution < -0.4 is 4.74 Å². The van der Waals surface area contributed by atoms with E-state index in [1.165, 1.54) is 6.07 Å². The monoisotopic (exact) mass is 284 g/mol. The van der Waals surface area contributed by atoms with E-state index < -0.39 is 5.97 Å². The van der Waals surface area contributed by atoms with Crippen molar-refractivity contribution in [1.82, 2.24) is 0 Å². The molecule has 4 heteroatoms. The second kappa shape index (κ2) is 5.70. The molecule has 86 valence electrons. The first-order chi connectivity index (χ1) is 7.50. The second-order valence-electron chi connectivity index (χ2n) is 3.50. The fraction of sp³-hybridized carbons (Fsp3) is 0.250. The molecule has 0 spiro atoms. The molecule has 0 heterocycles. The number of rotatable bonds is 5. The van der Waals surface area contributed by atoms with Gasteiger partial charge < -0.3 is 9.84 Å². The fourth-order valence-corrected chi connectivity index (χ4v) is 1.63. The molecule has 0 unspecified atom stereocenters. The van der Waals surface area contributed by atoms with Crippen LogP contribution in [-0.4, -0.2) is 17.7 Å². The Balaban J connectivity index is 2.66. The lowest BCUT2D eigenvalue weighted by Gasteiger charge is -2.07. The van der Waals surface area contributed by atoms with Gasteiger partial charge in [0.25, 0.3) is 0 Å². The van der Waals surface area contributed by atoms with Crippen molar-refractivity contribution >= 4 is 21.9 Å². The molecule has 0 saturated carbocycles. The Labute approximate surface area is 103 Å². The minimum atomic E-state index is -0.958. The van der Waals surface area contributed by atoms with E-state index in [1.54, 1.807) is 12.1 Å². The van der Waals surface area contributed by atoms with Crippen molar-refractivity contribution in [2.75, 3.05) is 6.61 Å². The minimum absolute atomic E-state index is 0.229. The molecule has 0 atom stereocenters. The lowest BCUT2D eigenvalue weighted by molar-refractivity contribution is 0.0696. The third-order valence-electron chi connectivity index (χ3n) is 1.97. The van der Waals surface area contributed by atoms with Gasteiger partial charge in [-0.3, -0.25) is 0 Å². The summed E-state index contributed by atoms with van der Waals surface area (Å²) in [7, 11) is 0. The van der Waals surface area contributed by atoms with Crippen LogP contribution in [0.25, 0.3) is 0 Å². The average Bonchev–Trinajstić information content (AvgIpc) is 2.16. The molecule has 16 heavy (non-hydrogen) atoms. The van der Waals surface area contributed by atoms with Crippen LogP contribution in [0, 0.1) is 0 Å². The Bertz CT molecular complexity index is 413. The van der Waals surface area contributed by atoms with Crippen LogP contribution in [-0.2, 0) is 0 Å². The lowest BCUT2D eigenvalue weighted by Crippen LogP contribution is -2.00. The van der Waals surface area contributed by atoms with Crippen LogP contribution in [0.1, 0.15) is 23.7 Å². The molecule has 3 nitrogen and oxygen atoms in total. The molecule has 1 aromatic carbocycles. The summed E-state index contributed by atoms with van der Waals surface area (Å²) in [6.07, 6.45) is 0.790. The normalized spacial score (nSPS) is 9.88. The maximum absolute atomic E-state index is 10.8. The minimum Gasteiger partial charge on any atom is -0.493 e. The van der Waals surface area contributed by atoms with Gasteiger partial charge in [0.05, 0.1) is 12.2 Å². The first kappa shape index (κ1) is 12.8. The predicted octanol–water partition coefficient (Wildman–Crippen LogP) is 3.49. The summed E-state index contributed by atoms with van der Waals surface area (Å²) in [4.78, 5) is 10.8. The molecule has 1 rings (SSSR count). The molecule has 0 fully saturated rings. The van der Waals surface area contributed by atoms with E-state index >= 15 is 0 Å². The Hall–Kier alpha value is -1.29. The zero-order valence-corrected chi connectivity index (χ0v) is 10.6. The number of carboxylic acids is 1. The Kier molecular flexibility index (Phi) is 4.55. The number of hydrogen-bond acceptors (Lipinski definition) is 2. The SMILES string of the molecule is C=C(C)CCOc1ccc(C(=O)O)c(Br)c1. The summed E-state index contributed by atoms with van der Waals surface area (Å²) < 4.78 is 5.97. The van der Waals surface area contributed by atoms with E-state index in [1.807, 2.05) is 6.92 Å². The molecule has 0 aromatic heterocycles. The van der Waals surface area contributed by atoms with Gasteiger partial charge in [-0.25, -0.2) is 4.79 Å². The molecule has 0 saturated heterocycles. The molecule has 1 aromatic rings. The lowest BCUT2D eigenvalue weighted by atomic mass is 10.2. The summed E-state index contributed by atoms with van der Waals surface area (Å²) in [5.41, 5.74) is 1.29. The molecule has 0 aliphatic rings. The van der Waals surface area contributed by atoms with Crippen molar-refractivity contribution in [2.24, 2.45) is 0 Å². The van der Waals surface area contributed by atoms with Crippen LogP contribution in [0.4, 0.5) is 0 Å². The zero-order valence-electron chi connectivity index (χ0n) is 9.00. The fourth-order valence-electron chi connectivity index (χ4n) is 1.10. The van der Waals surface area contributed by atoms with Crippen molar-refractivity contribution in [1.29, 1.82) is 0 Å². The van der Waals surface area contributed by atoms with Crippen molar-refractivity contribution in [3.05, 3.63) is 40.4 Å². The van der Waals surface area contributed by atoms with Crippen molar-refractivity contribution < 1.29 is 14.6 Å². The number of carboxylic acid groups (broad SMARTS) is 1. The summed E-state index contributed by atoms with van der Waals surface area (Å²) >= 11 is 3.19. The summed E-state index contributed by atoms with van der Waals surface area (Å²) in [6, 6.07) is 4.82. The Morgan fingerprint density at radius 2 is 2.25 bits per heavy atom. The van der Waals surface area contributed by atoms with Crippen LogP contribution >= 0.6 is 15.9 Å². The van der Waals surface area contributed by atoms with E-state index in [-0.39, 0.29) is 5.56 Å². The van der Waals surface area contributed by atoms with E-state index in [4.69, 9.17) is 9.84 Å². The van der Waals surface area contributed by atoms with Gasteiger partial charge >= 0.3 is 5.97 Å². The summed E-state index contributed by atoms with van der Waals surface area (Å²) in [5, 5.41) is 8.82. The highest BCUT2D eigenvalue weighted by molar-refractivity contribution is 9.10. The molecule has 0 bridgehead atoms. The smallest absolute Gasteiger partial charge is 0.336 e. The molecule has 0 aliphatic carbocycles. The predicted molar refractivity (Wildman–Crippen MR) is 66.0 cm³/mol. The van der Waals surface area contributed by atoms with Crippen molar-refractivity contribution in [3.63, 3.8) is 0 Å². The van der Waals surface area contributed by atoms with E-state index in [0.29, 0.717) is 16.8 Å². The van der Waals surface area contributed by atoms with E-state index in [9.17, 15) is 4.79 Å². The van der Waals surface area contributed by atoms with E-state index in [0.717, 1.165) is 12.0 Å². The number of hydrogen-bond donors (Lipinski definition) is 1. The highest BCUT2D eigenvalue weighted by Crippen LogP contribution is 2.23. The number of benzene rings is 1. The number of carbonyl (C=O) groups is 1. The summed E-state index contributed by atoms with van der Waals surface area (Å²) in [6.45, 7) is 6.26. The van der Waals surface area contributed by atoms with Gasteiger partial charge in [0.2, 0.25) is 0 Å². The first-order valence-corrected chi connectivity index (χ1v) is 5.60. The van der Waals surface area contributed by atoms with Crippen molar-refractivity contribution in [2.45, 2.75) is 13.3 Å². The van der Waals surface area contributed by atoms with Gasteiger partial charge in [0.1, 0.15) is 5.75 Å². The van der Waals surface area contributed by atoms with Crippen LogP contribution in [0.3, 0.4) is 0 Å². The average molecular weight is 285 g/mol. The van der Waals surface area contributed by atoms with Gasteiger partial charge in [-0.15, -0.1) is 6.58 Å². The molecule has 0 aliphatic heterocycles. The van der Waals surface area contributed by atoms with Crippen LogP contribution in [0.5, 0.6) is 5.75 Å². The quantitative estimate of drug-likeness (QED) is 0.842. The standard InChI is InChI=1S/C12H13BrO3/c1-8(2)5-6-16-9-3-4-10(12(14)15)11(13)7-9/h3-4,7H,1,5-6H2,2H3,(H,14,15). The van der Waals surface area contributed by atoms with Gasteiger partial charge in [0.15, 0.2) is 0 Å². The maximum Gasteiger partial charge on any atom is 0.336 e. The van der Waals surface area contributed by atoms with Crippen LogP contribution in [0.2, 0.25) is 0 Å². The number of halogens is 1. The highest BCUT2D eigenvalue weighted by atomic mass is 79.9. The zero-order chi connectivity index (χ0) is 12.1.